The summed E-state index contributed by atoms with van der Waals surface area (Å²) in [5, 5.41) is 3.35. The molecule has 2 aromatic rings. The van der Waals surface area contributed by atoms with Crippen molar-refractivity contribution in [3.8, 4) is 0 Å². The summed E-state index contributed by atoms with van der Waals surface area (Å²) in [4.78, 5) is 17.9. The van der Waals surface area contributed by atoms with Crippen LogP contribution in [0.25, 0.3) is 0 Å². The third-order valence-electron chi connectivity index (χ3n) is 11.1. The van der Waals surface area contributed by atoms with Gasteiger partial charge in [0.2, 0.25) is 5.91 Å². The number of aromatic nitrogens is 1. The number of rotatable bonds is 6. The number of nitrogens with one attached hydrogen (secondary N) is 1. The lowest BCUT2D eigenvalue weighted by Gasteiger charge is -2.62. The molecule has 7 fully saturated rings. The maximum Gasteiger partial charge on any atom is 0.493 e. The number of amides is 1. The average molecular weight is 584 g/mol. The van der Waals surface area contributed by atoms with Gasteiger partial charge in [0.25, 0.3) is 0 Å². The molecule has 5 nitrogen and oxygen atoms in total. The molecular weight excluding hydrogens is 547 g/mol. The number of carbonyl (C=O) groups is 1. The molecule has 1 aromatic heterocycles. The second-order valence-electron chi connectivity index (χ2n) is 14.6. The molecule has 9 rings (SSSR count). The number of fused-ring (bicyclic) bond motifs is 3. The van der Waals surface area contributed by atoms with Gasteiger partial charge < -0.3 is 14.6 Å². The SMILES string of the molecule is CC1(C)COB(c2cccc(C(NC(=O)C34CC(C3)C4)C34CCC(c5ccc(C(F)(F)F)cn5)(CC3)CC4F)c2)OC1. The van der Waals surface area contributed by atoms with Crippen LogP contribution < -0.4 is 10.8 Å². The number of halogens is 4. The van der Waals surface area contributed by atoms with Gasteiger partial charge in [-0.2, -0.15) is 13.2 Å². The first-order valence-corrected chi connectivity index (χ1v) is 15.2. The fourth-order valence-electron chi connectivity index (χ4n) is 8.33. The highest BCUT2D eigenvalue weighted by Gasteiger charge is 2.64. The van der Waals surface area contributed by atoms with Crippen molar-refractivity contribution in [2.75, 3.05) is 13.2 Å². The van der Waals surface area contributed by atoms with Crippen LogP contribution in [0.4, 0.5) is 17.6 Å². The molecule has 2 heterocycles. The Morgan fingerprint density at radius 2 is 1.71 bits per heavy atom. The number of carbonyl (C=O) groups excluding carboxylic acids is 1. The van der Waals surface area contributed by atoms with Gasteiger partial charge in [-0.1, -0.05) is 38.1 Å². The maximum absolute atomic E-state index is 16.7. The van der Waals surface area contributed by atoms with Crippen LogP contribution >= 0.6 is 0 Å². The van der Waals surface area contributed by atoms with Gasteiger partial charge in [-0.25, -0.2) is 4.39 Å². The first-order valence-electron chi connectivity index (χ1n) is 15.2. The summed E-state index contributed by atoms with van der Waals surface area (Å²) in [6.07, 6.45) is 0.248. The van der Waals surface area contributed by atoms with E-state index in [2.05, 4.69) is 24.1 Å². The van der Waals surface area contributed by atoms with E-state index in [1.54, 1.807) is 0 Å². The first-order chi connectivity index (χ1) is 19.8. The number of pyridine rings is 1. The lowest BCUT2D eigenvalue weighted by Crippen LogP contribution is -2.63. The summed E-state index contributed by atoms with van der Waals surface area (Å²) in [5.74, 6) is 0.649. The molecule has 1 aliphatic heterocycles. The minimum atomic E-state index is -4.47. The lowest BCUT2D eigenvalue weighted by atomic mass is 9.44. The molecule has 4 bridgehead atoms. The Bertz CT molecular complexity index is 1350. The number of alkyl halides is 4. The highest BCUT2D eigenvalue weighted by Crippen LogP contribution is 2.66. The van der Waals surface area contributed by atoms with Gasteiger partial charge in [-0.05, 0) is 80.4 Å². The molecule has 1 N–H and O–H groups in total. The fourth-order valence-corrected chi connectivity index (χ4v) is 8.33. The molecule has 2 atom stereocenters. The van der Waals surface area contributed by atoms with Gasteiger partial charge in [0.1, 0.15) is 6.17 Å². The van der Waals surface area contributed by atoms with E-state index in [1.165, 1.54) is 6.07 Å². The normalized spacial score (nSPS) is 35.6. The molecule has 10 heteroatoms. The first kappa shape index (κ1) is 28.3. The van der Waals surface area contributed by atoms with Crippen LogP contribution in [-0.2, 0) is 25.7 Å². The van der Waals surface area contributed by atoms with Gasteiger partial charge in [-0.15, -0.1) is 0 Å². The van der Waals surface area contributed by atoms with E-state index < -0.39 is 41.9 Å². The minimum Gasteiger partial charge on any atom is -0.407 e. The van der Waals surface area contributed by atoms with E-state index in [0.717, 1.165) is 42.6 Å². The van der Waals surface area contributed by atoms with Crippen LogP contribution in [0.5, 0.6) is 0 Å². The number of hydrogen-bond donors (Lipinski definition) is 1. The molecule has 0 radical (unpaired) electrons. The van der Waals surface area contributed by atoms with E-state index in [4.69, 9.17) is 9.31 Å². The molecule has 1 amide bonds. The smallest absolute Gasteiger partial charge is 0.407 e. The molecule has 2 unspecified atom stereocenters. The number of nitrogens with zero attached hydrogens (tertiary/aromatic N) is 1. The number of benzene rings is 1. The van der Waals surface area contributed by atoms with Crippen molar-refractivity contribution < 1.29 is 31.7 Å². The van der Waals surface area contributed by atoms with Crippen molar-refractivity contribution in [1.82, 2.24) is 10.3 Å². The van der Waals surface area contributed by atoms with E-state index in [1.807, 2.05) is 24.3 Å². The van der Waals surface area contributed by atoms with E-state index in [0.29, 0.717) is 50.5 Å². The maximum atomic E-state index is 16.7. The Morgan fingerprint density at radius 1 is 1.02 bits per heavy atom. The summed E-state index contributed by atoms with van der Waals surface area (Å²) in [6, 6.07) is 9.75. The molecule has 7 aliphatic rings. The van der Waals surface area contributed by atoms with Crippen molar-refractivity contribution >= 4 is 18.5 Å². The third kappa shape index (κ3) is 4.50. The Labute approximate surface area is 244 Å². The van der Waals surface area contributed by atoms with E-state index >= 15 is 4.39 Å². The number of hydrogen-bond acceptors (Lipinski definition) is 4. The Balaban J connectivity index is 1.18. The lowest BCUT2D eigenvalue weighted by molar-refractivity contribution is -0.169. The standard InChI is InChI=1S/C32H37BF4N2O3/c1-28(2)18-41-33(42-19-28)23-5-3-4-21(12-23)26(39-27(40)30-13-20(14-30)15-30)31-10-8-29(9-11-31,16-24(31)34)25-7-6-22(17-38-25)32(35,36)37/h3-7,12,17,20,24,26H,8-11,13-16,18-19H2,1-2H3,(H,39,40). The monoisotopic (exact) mass is 584 g/mol. The van der Waals surface area contributed by atoms with Gasteiger partial charge in [0.15, 0.2) is 0 Å². The topological polar surface area (TPSA) is 60.5 Å². The summed E-state index contributed by atoms with van der Waals surface area (Å²) < 4.78 is 68.2. The van der Waals surface area contributed by atoms with Crippen LogP contribution in [0.2, 0.25) is 0 Å². The second kappa shape index (κ2) is 9.52. The summed E-state index contributed by atoms with van der Waals surface area (Å²) in [5.41, 5.74) is -0.408. The quantitative estimate of drug-likeness (QED) is 0.331. The summed E-state index contributed by atoms with van der Waals surface area (Å²) >= 11 is 0. The predicted octanol–water partition coefficient (Wildman–Crippen LogP) is 6.07. The van der Waals surface area contributed by atoms with Crippen LogP contribution in [0.15, 0.2) is 42.6 Å². The Morgan fingerprint density at radius 3 is 2.26 bits per heavy atom. The van der Waals surface area contributed by atoms with Crippen LogP contribution in [0, 0.1) is 22.2 Å². The van der Waals surface area contributed by atoms with Crippen LogP contribution in [0.1, 0.15) is 88.1 Å². The van der Waals surface area contributed by atoms with Gasteiger partial charge >= 0.3 is 13.3 Å². The van der Waals surface area contributed by atoms with Crippen molar-refractivity contribution in [1.29, 1.82) is 0 Å². The second-order valence-corrected chi connectivity index (χ2v) is 14.6. The van der Waals surface area contributed by atoms with Crippen LogP contribution in [0.3, 0.4) is 0 Å². The molecule has 6 saturated carbocycles. The van der Waals surface area contributed by atoms with Crippen LogP contribution in [-0.4, -0.2) is 37.4 Å². The zero-order chi connectivity index (χ0) is 29.5. The molecule has 1 aromatic carbocycles. The van der Waals surface area contributed by atoms with Gasteiger partial charge in [-0.3, -0.25) is 9.78 Å². The van der Waals surface area contributed by atoms with Gasteiger partial charge in [0.05, 0.1) is 11.6 Å². The van der Waals surface area contributed by atoms with Gasteiger partial charge in [0, 0.05) is 46.8 Å². The highest BCUT2D eigenvalue weighted by molar-refractivity contribution is 6.61. The predicted molar refractivity (Wildman–Crippen MR) is 150 cm³/mol. The Kier molecular flexibility index (Phi) is 6.42. The third-order valence-corrected chi connectivity index (χ3v) is 11.1. The minimum absolute atomic E-state index is 0.0145. The van der Waals surface area contributed by atoms with Crippen molar-refractivity contribution in [2.24, 2.45) is 22.2 Å². The summed E-state index contributed by atoms with van der Waals surface area (Å²) in [7, 11) is -0.526. The molecule has 1 saturated heterocycles. The molecular formula is C32H37BF4N2O3. The molecule has 0 spiro atoms. The van der Waals surface area contributed by atoms with Crippen molar-refractivity contribution in [2.45, 2.75) is 89.0 Å². The zero-order valence-corrected chi connectivity index (χ0v) is 24.1. The van der Waals surface area contributed by atoms with Crippen molar-refractivity contribution in [3.63, 3.8) is 0 Å². The molecule has 6 aliphatic carbocycles. The zero-order valence-electron chi connectivity index (χ0n) is 24.1. The van der Waals surface area contributed by atoms with E-state index in [-0.39, 0.29) is 23.2 Å². The molecule has 42 heavy (non-hydrogen) atoms. The van der Waals surface area contributed by atoms with Crippen molar-refractivity contribution in [3.05, 3.63) is 59.4 Å². The Hall–Kier alpha value is -2.46. The fraction of sp³-hybridized carbons (Fsp3) is 0.625. The largest absolute Gasteiger partial charge is 0.493 e. The van der Waals surface area contributed by atoms with E-state index in [9.17, 15) is 18.0 Å². The summed E-state index contributed by atoms with van der Waals surface area (Å²) in [6.45, 7) is 5.29. The average Bonchev–Trinajstić information content (AvgIpc) is 2.90. The molecule has 224 valence electrons. The highest BCUT2D eigenvalue weighted by atomic mass is 19.4.